The number of pyridine rings is 1. The Balaban J connectivity index is 2.08. The number of anilines is 1. The fourth-order valence-electron chi connectivity index (χ4n) is 2.00. The average molecular weight is 243 g/mol. The Morgan fingerprint density at radius 2 is 2.29 bits per heavy atom. The predicted octanol–water partition coefficient (Wildman–Crippen LogP) is 1.61. The van der Waals surface area contributed by atoms with Gasteiger partial charge in [-0.05, 0) is 25.5 Å². The molecule has 0 amide bonds. The fraction of sp³-hybridized carbons (Fsp3) is 0.545. The molecule has 6 heteroatoms. The van der Waals surface area contributed by atoms with E-state index in [1.54, 1.807) is 6.07 Å². The second-order valence-corrected chi connectivity index (χ2v) is 4.12. The van der Waals surface area contributed by atoms with E-state index in [1.165, 1.54) is 12.3 Å². The van der Waals surface area contributed by atoms with E-state index >= 15 is 0 Å². The van der Waals surface area contributed by atoms with Crippen LogP contribution in [0.15, 0.2) is 18.3 Å². The van der Waals surface area contributed by atoms with Gasteiger partial charge >= 0.3 is 6.61 Å². The highest BCUT2D eigenvalue weighted by Crippen LogP contribution is 2.24. The molecule has 2 N–H and O–H groups in total. The third kappa shape index (κ3) is 2.63. The molecule has 0 spiro atoms. The van der Waals surface area contributed by atoms with Gasteiger partial charge in [-0.25, -0.2) is 4.98 Å². The molecule has 2 rings (SSSR count). The number of ether oxygens (including phenoxy) is 1. The number of hydrogen-bond donors (Lipinski definition) is 1. The van der Waals surface area contributed by atoms with Gasteiger partial charge in [0.25, 0.3) is 0 Å². The molecule has 1 aromatic heterocycles. The van der Waals surface area contributed by atoms with E-state index in [0.29, 0.717) is 0 Å². The smallest absolute Gasteiger partial charge is 0.387 e. The molecule has 2 heterocycles. The molecule has 2 unspecified atom stereocenters. The maximum Gasteiger partial charge on any atom is 0.387 e. The Hall–Kier alpha value is -1.43. The summed E-state index contributed by atoms with van der Waals surface area (Å²) in [6.45, 7) is 0.0506. The molecule has 0 saturated carbocycles. The Bertz CT molecular complexity index is 371. The van der Waals surface area contributed by atoms with E-state index in [9.17, 15) is 8.78 Å². The molecule has 0 bridgehead atoms. The van der Waals surface area contributed by atoms with E-state index in [4.69, 9.17) is 5.73 Å². The molecule has 1 saturated heterocycles. The number of aromatic nitrogens is 1. The third-order valence-electron chi connectivity index (χ3n) is 3.05. The van der Waals surface area contributed by atoms with Crippen LogP contribution in [0, 0.1) is 0 Å². The van der Waals surface area contributed by atoms with Crippen LogP contribution in [0.25, 0.3) is 0 Å². The summed E-state index contributed by atoms with van der Waals surface area (Å²) in [5.74, 6) is 0.812. The van der Waals surface area contributed by atoms with Gasteiger partial charge < -0.3 is 15.4 Å². The predicted molar refractivity (Wildman–Crippen MR) is 60.3 cm³/mol. The van der Waals surface area contributed by atoms with E-state index in [-0.39, 0.29) is 17.8 Å². The van der Waals surface area contributed by atoms with Crippen molar-refractivity contribution in [3.63, 3.8) is 0 Å². The zero-order valence-corrected chi connectivity index (χ0v) is 9.51. The summed E-state index contributed by atoms with van der Waals surface area (Å²) in [6.07, 6.45) is 2.22. The van der Waals surface area contributed by atoms with E-state index < -0.39 is 6.61 Å². The maximum atomic E-state index is 12.0. The van der Waals surface area contributed by atoms with Gasteiger partial charge in [0.1, 0.15) is 11.6 Å². The van der Waals surface area contributed by atoms with Crippen LogP contribution in [-0.2, 0) is 0 Å². The summed E-state index contributed by atoms with van der Waals surface area (Å²) in [5.41, 5.74) is 5.91. The second-order valence-electron chi connectivity index (χ2n) is 4.12. The third-order valence-corrected chi connectivity index (χ3v) is 3.05. The Morgan fingerprint density at radius 3 is 2.76 bits per heavy atom. The van der Waals surface area contributed by atoms with Crippen molar-refractivity contribution < 1.29 is 13.5 Å². The average Bonchev–Trinajstić information content (AvgIpc) is 2.60. The standard InChI is InChI=1S/C11H15F2N3O/c1-7-9(14)4-5-16(7)10-3-2-8(6-15-10)17-11(12)13/h2-3,6-7,9,11H,4-5,14H2,1H3. The molecular weight excluding hydrogens is 228 g/mol. The number of rotatable bonds is 3. The first kappa shape index (κ1) is 12.0. The highest BCUT2D eigenvalue weighted by Gasteiger charge is 2.28. The fourth-order valence-corrected chi connectivity index (χ4v) is 2.00. The van der Waals surface area contributed by atoms with Crippen molar-refractivity contribution in [3.05, 3.63) is 18.3 Å². The number of alkyl halides is 2. The summed E-state index contributed by atoms with van der Waals surface area (Å²) < 4.78 is 28.2. The molecular formula is C11H15F2N3O. The van der Waals surface area contributed by atoms with Crippen molar-refractivity contribution in [3.8, 4) is 5.75 Å². The van der Waals surface area contributed by atoms with Crippen LogP contribution in [0.4, 0.5) is 14.6 Å². The Morgan fingerprint density at radius 1 is 1.53 bits per heavy atom. The lowest BCUT2D eigenvalue weighted by molar-refractivity contribution is -0.0500. The molecule has 1 aliphatic heterocycles. The minimum atomic E-state index is -2.82. The van der Waals surface area contributed by atoms with Crippen molar-refractivity contribution >= 4 is 5.82 Å². The van der Waals surface area contributed by atoms with Crippen molar-refractivity contribution in [1.29, 1.82) is 0 Å². The van der Waals surface area contributed by atoms with Crippen molar-refractivity contribution in [2.45, 2.75) is 32.0 Å². The monoisotopic (exact) mass is 243 g/mol. The van der Waals surface area contributed by atoms with E-state index in [1.807, 2.05) is 6.92 Å². The molecule has 1 aliphatic rings. The highest BCUT2D eigenvalue weighted by atomic mass is 19.3. The van der Waals surface area contributed by atoms with Crippen LogP contribution in [0.5, 0.6) is 5.75 Å². The summed E-state index contributed by atoms with van der Waals surface area (Å²) in [5, 5.41) is 0. The molecule has 0 aliphatic carbocycles. The number of halogens is 2. The zero-order chi connectivity index (χ0) is 12.4. The van der Waals surface area contributed by atoms with Gasteiger partial charge in [-0.15, -0.1) is 0 Å². The molecule has 0 aromatic carbocycles. The van der Waals surface area contributed by atoms with Gasteiger partial charge in [0.05, 0.1) is 6.20 Å². The van der Waals surface area contributed by atoms with Gasteiger partial charge in [0.15, 0.2) is 0 Å². The minimum absolute atomic E-state index is 0.0694. The molecule has 94 valence electrons. The molecule has 1 fully saturated rings. The summed E-state index contributed by atoms with van der Waals surface area (Å²) in [6, 6.07) is 3.51. The molecule has 17 heavy (non-hydrogen) atoms. The lowest BCUT2D eigenvalue weighted by Crippen LogP contribution is -2.37. The van der Waals surface area contributed by atoms with Gasteiger partial charge in [-0.1, -0.05) is 0 Å². The maximum absolute atomic E-state index is 12.0. The topological polar surface area (TPSA) is 51.4 Å². The normalized spacial score (nSPS) is 24.4. The van der Waals surface area contributed by atoms with Crippen LogP contribution in [0.3, 0.4) is 0 Å². The van der Waals surface area contributed by atoms with Crippen molar-refractivity contribution in [1.82, 2.24) is 4.98 Å². The second kappa shape index (κ2) is 4.83. The molecule has 0 radical (unpaired) electrons. The molecule has 2 atom stereocenters. The molecule has 1 aromatic rings. The summed E-state index contributed by atoms with van der Waals surface area (Å²) in [7, 11) is 0. The molecule has 4 nitrogen and oxygen atoms in total. The summed E-state index contributed by atoms with van der Waals surface area (Å²) >= 11 is 0. The highest BCUT2D eigenvalue weighted by molar-refractivity contribution is 5.43. The SMILES string of the molecule is CC1C(N)CCN1c1ccc(OC(F)F)cn1. The largest absolute Gasteiger partial charge is 0.433 e. The number of hydrogen-bond acceptors (Lipinski definition) is 4. The number of nitrogens with zero attached hydrogens (tertiary/aromatic N) is 2. The Kier molecular flexibility index (Phi) is 3.42. The lowest BCUT2D eigenvalue weighted by Gasteiger charge is -2.24. The van der Waals surface area contributed by atoms with E-state index in [0.717, 1.165) is 18.8 Å². The van der Waals surface area contributed by atoms with E-state index in [2.05, 4.69) is 14.6 Å². The van der Waals surface area contributed by atoms with Gasteiger partial charge in [-0.2, -0.15) is 8.78 Å². The first-order valence-corrected chi connectivity index (χ1v) is 5.51. The van der Waals surface area contributed by atoms with Gasteiger partial charge in [0, 0.05) is 18.6 Å². The van der Waals surface area contributed by atoms with Crippen LogP contribution in [0.1, 0.15) is 13.3 Å². The van der Waals surface area contributed by atoms with Crippen LogP contribution >= 0.6 is 0 Å². The van der Waals surface area contributed by atoms with Crippen molar-refractivity contribution in [2.24, 2.45) is 5.73 Å². The zero-order valence-electron chi connectivity index (χ0n) is 9.51. The quantitative estimate of drug-likeness (QED) is 0.876. The first-order valence-electron chi connectivity index (χ1n) is 5.51. The summed E-state index contributed by atoms with van der Waals surface area (Å²) in [4.78, 5) is 6.18. The number of nitrogens with two attached hydrogens (primary N) is 1. The van der Waals surface area contributed by atoms with Crippen molar-refractivity contribution in [2.75, 3.05) is 11.4 Å². The minimum Gasteiger partial charge on any atom is -0.433 e. The Labute approximate surface area is 98.4 Å². The lowest BCUT2D eigenvalue weighted by atomic mass is 10.2. The van der Waals surface area contributed by atoms with Crippen LogP contribution in [0.2, 0.25) is 0 Å². The van der Waals surface area contributed by atoms with Crippen LogP contribution < -0.4 is 15.4 Å². The van der Waals surface area contributed by atoms with Gasteiger partial charge in [-0.3, -0.25) is 0 Å². The van der Waals surface area contributed by atoms with Crippen LogP contribution in [-0.4, -0.2) is 30.2 Å². The first-order chi connectivity index (χ1) is 8.08. The van der Waals surface area contributed by atoms with Gasteiger partial charge in [0.2, 0.25) is 0 Å².